The van der Waals surface area contributed by atoms with Gasteiger partial charge in [-0.15, -0.1) is 0 Å². The van der Waals surface area contributed by atoms with Gasteiger partial charge in [0.05, 0.1) is 11.1 Å². The van der Waals surface area contributed by atoms with Gasteiger partial charge < -0.3 is 16.2 Å². The van der Waals surface area contributed by atoms with Crippen LogP contribution in [0.1, 0.15) is 46.4 Å². The van der Waals surface area contributed by atoms with Crippen molar-refractivity contribution in [2.75, 3.05) is 0 Å². The van der Waals surface area contributed by atoms with Crippen LogP contribution in [0.3, 0.4) is 0 Å². The fourth-order valence-electron chi connectivity index (χ4n) is 2.39. The number of carbonyl (C=O) groups excluding carboxylic acids is 1. The molecule has 0 aliphatic heterocycles. The topological polar surface area (TPSA) is 92.4 Å². The van der Waals surface area contributed by atoms with Crippen LogP contribution >= 0.6 is 0 Å². The minimum absolute atomic E-state index is 0.0347. The van der Waals surface area contributed by atoms with Crippen LogP contribution in [0.4, 0.5) is 0 Å². The molecule has 1 aromatic carbocycles. The van der Waals surface area contributed by atoms with E-state index in [2.05, 4.69) is 5.32 Å². The predicted octanol–water partition coefficient (Wildman–Crippen LogP) is 1.38. The summed E-state index contributed by atoms with van der Waals surface area (Å²) in [5, 5.41) is 12.0. The Balaban J connectivity index is 2.06. The van der Waals surface area contributed by atoms with E-state index in [-0.39, 0.29) is 29.1 Å². The number of carboxylic acid groups (broad SMARTS) is 1. The Morgan fingerprint density at radius 1 is 1.11 bits per heavy atom. The first-order valence-corrected chi connectivity index (χ1v) is 6.46. The maximum absolute atomic E-state index is 12.1. The van der Waals surface area contributed by atoms with Gasteiger partial charge in [0.15, 0.2) is 0 Å². The zero-order valence-electron chi connectivity index (χ0n) is 10.6. The lowest BCUT2D eigenvalue weighted by atomic mass is 9.91. The van der Waals surface area contributed by atoms with Gasteiger partial charge in [-0.25, -0.2) is 4.79 Å². The van der Waals surface area contributed by atoms with Crippen molar-refractivity contribution in [3.8, 4) is 0 Å². The van der Waals surface area contributed by atoms with Crippen LogP contribution in [0.5, 0.6) is 0 Å². The first kappa shape index (κ1) is 13.5. The first-order chi connectivity index (χ1) is 9.08. The lowest BCUT2D eigenvalue weighted by molar-refractivity contribution is 0.0690. The van der Waals surface area contributed by atoms with Crippen LogP contribution in [-0.2, 0) is 0 Å². The summed E-state index contributed by atoms with van der Waals surface area (Å²) in [6.07, 6.45) is 3.49. The molecule has 102 valence electrons. The van der Waals surface area contributed by atoms with Crippen molar-refractivity contribution in [3.05, 3.63) is 35.4 Å². The zero-order valence-corrected chi connectivity index (χ0v) is 10.6. The number of rotatable bonds is 3. The van der Waals surface area contributed by atoms with E-state index >= 15 is 0 Å². The second-order valence-electron chi connectivity index (χ2n) is 4.94. The maximum Gasteiger partial charge on any atom is 0.336 e. The number of hydrogen-bond donors (Lipinski definition) is 3. The van der Waals surface area contributed by atoms with Crippen LogP contribution in [0, 0.1) is 0 Å². The van der Waals surface area contributed by atoms with Crippen LogP contribution in [-0.4, -0.2) is 29.1 Å². The Morgan fingerprint density at radius 3 is 2.26 bits per heavy atom. The Hall–Kier alpha value is -1.88. The molecule has 1 amide bonds. The average molecular weight is 262 g/mol. The lowest BCUT2D eigenvalue weighted by Gasteiger charge is -2.27. The highest BCUT2D eigenvalue weighted by molar-refractivity contribution is 6.04. The Bertz CT molecular complexity index is 479. The minimum atomic E-state index is -1.09. The van der Waals surface area contributed by atoms with Crippen molar-refractivity contribution in [1.82, 2.24) is 5.32 Å². The molecule has 2 rings (SSSR count). The SMILES string of the molecule is NC1CCC(NC(=O)c2ccccc2C(=O)O)CC1. The van der Waals surface area contributed by atoms with E-state index in [0.717, 1.165) is 25.7 Å². The number of amides is 1. The summed E-state index contributed by atoms with van der Waals surface area (Å²) in [6, 6.07) is 6.56. The van der Waals surface area contributed by atoms with E-state index in [4.69, 9.17) is 10.8 Å². The van der Waals surface area contributed by atoms with E-state index in [1.807, 2.05) is 0 Å². The molecule has 5 nitrogen and oxygen atoms in total. The Morgan fingerprint density at radius 2 is 1.68 bits per heavy atom. The van der Waals surface area contributed by atoms with Gasteiger partial charge >= 0.3 is 5.97 Å². The van der Waals surface area contributed by atoms with Gasteiger partial charge in [0.25, 0.3) is 5.91 Å². The fraction of sp³-hybridized carbons (Fsp3) is 0.429. The Kier molecular flexibility index (Phi) is 4.16. The van der Waals surface area contributed by atoms with Crippen LogP contribution < -0.4 is 11.1 Å². The van der Waals surface area contributed by atoms with Crippen molar-refractivity contribution in [3.63, 3.8) is 0 Å². The third-order valence-electron chi connectivity index (χ3n) is 3.51. The molecule has 0 spiro atoms. The summed E-state index contributed by atoms with van der Waals surface area (Å²) in [4.78, 5) is 23.2. The number of benzene rings is 1. The molecule has 0 atom stereocenters. The second kappa shape index (κ2) is 5.84. The summed E-state index contributed by atoms with van der Waals surface area (Å²) < 4.78 is 0. The zero-order chi connectivity index (χ0) is 13.8. The number of aromatic carboxylic acids is 1. The van der Waals surface area contributed by atoms with Gasteiger partial charge in [-0.1, -0.05) is 12.1 Å². The van der Waals surface area contributed by atoms with Gasteiger partial charge in [0.1, 0.15) is 0 Å². The molecule has 5 heteroatoms. The molecule has 1 aliphatic carbocycles. The van der Waals surface area contributed by atoms with Crippen LogP contribution in [0.2, 0.25) is 0 Å². The third-order valence-corrected chi connectivity index (χ3v) is 3.51. The van der Waals surface area contributed by atoms with E-state index in [9.17, 15) is 9.59 Å². The minimum Gasteiger partial charge on any atom is -0.478 e. The average Bonchev–Trinajstić information content (AvgIpc) is 2.41. The number of nitrogens with two attached hydrogens (primary N) is 1. The molecule has 0 aromatic heterocycles. The highest BCUT2D eigenvalue weighted by Gasteiger charge is 2.22. The summed E-state index contributed by atoms with van der Waals surface area (Å²) in [5.74, 6) is -1.41. The number of carbonyl (C=O) groups is 2. The van der Waals surface area contributed by atoms with Crippen molar-refractivity contribution in [2.24, 2.45) is 5.73 Å². The number of hydrogen-bond acceptors (Lipinski definition) is 3. The molecule has 1 saturated carbocycles. The van der Waals surface area contributed by atoms with Gasteiger partial charge in [0.2, 0.25) is 0 Å². The van der Waals surface area contributed by atoms with Gasteiger partial charge in [0, 0.05) is 12.1 Å². The summed E-state index contributed by atoms with van der Waals surface area (Å²) in [7, 11) is 0. The molecule has 19 heavy (non-hydrogen) atoms. The maximum atomic E-state index is 12.1. The quantitative estimate of drug-likeness (QED) is 0.767. The molecule has 1 fully saturated rings. The number of nitrogens with one attached hydrogen (secondary N) is 1. The van der Waals surface area contributed by atoms with E-state index in [1.54, 1.807) is 12.1 Å². The Labute approximate surface area is 111 Å². The molecule has 0 heterocycles. The smallest absolute Gasteiger partial charge is 0.336 e. The predicted molar refractivity (Wildman–Crippen MR) is 71.1 cm³/mol. The second-order valence-corrected chi connectivity index (χ2v) is 4.94. The van der Waals surface area contributed by atoms with Crippen molar-refractivity contribution < 1.29 is 14.7 Å². The fourth-order valence-corrected chi connectivity index (χ4v) is 2.39. The summed E-state index contributed by atoms with van der Waals surface area (Å²) in [5.41, 5.74) is 6.06. The molecule has 1 aromatic rings. The molecule has 4 N–H and O–H groups in total. The van der Waals surface area contributed by atoms with E-state index in [0.29, 0.717) is 0 Å². The standard InChI is InChI=1S/C14H18N2O3/c15-9-5-7-10(8-6-9)16-13(17)11-3-1-2-4-12(11)14(18)19/h1-4,9-10H,5-8,15H2,(H,16,17)(H,18,19). The molecular weight excluding hydrogens is 244 g/mol. The summed E-state index contributed by atoms with van der Waals surface area (Å²) in [6.45, 7) is 0. The van der Waals surface area contributed by atoms with Gasteiger partial charge in [-0.05, 0) is 37.8 Å². The van der Waals surface area contributed by atoms with E-state index in [1.165, 1.54) is 12.1 Å². The summed E-state index contributed by atoms with van der Waals surface area (Å²) >= 11 is 0. The lowest BCUT2D eigenvalue weighted by Crippen LogP contribution is -2.40. The van der Waals surface area contributed by atoms with Crippen molar-refractivity contribution in [2.45, 2.75) is 37.8 Å². The van der Waals surface area contributed by atoms with Crippen molar-refractivity contribution >= 4 is 11.9 Å². The molecular formula is C14H18N2O3. The largest absolute Gasteiger partial charge is 0.478 e. The first-order valence-electron chi connectivity index (χ1n) is 6.46. The highest BCUT2D eigenvalue weighted by Crippen LogP contribution is 2.18. The highest BCUT2D eigenvalue weighted by atomic mass is 16.4. The monoisotopic (exact) mass is 262 g/mol. The molecule has 1 aliphatic rings. The normalized spacial score (nSPS) is 22.8. The third kappa shape index (κ3) is 3.32. The molecule has 0 unspecified atom stereocenters. The molecule has 0 bridgehead atoms. The number of carboxylic acids is 1. The molecule has 0 saturated heterocycles. The molecule has 0 radical (unpaired) electrons. The van der Waals surface area contributed by atoms with Gasteiger partial charge in [-0.3, -0.25) is 4.79 Å². The van der Waals surface area contributed by atoms with Crippen LogP contribution in [0.15, 0.2) is 24.3 Å². The van der Waals surface area contributed by atoms with Crippen LogP contribution in [0.25, 0.3) is 0 Å². The van der Waals surface area contributed by atoms with Gasteiger partial charge in [-0.2, -0.15) is 0 Å². The van der Waals surface area contributed by atoms with Crippen molar-refractivity contribution in [1.29, 1.82) is 0 Å². The van der Waals surface area contributed by atoms with E-state index < -0.39 is 5.97 Å².